The molecule has 0 radical (unpaired) electrons. The minimum Gasteiger partial charge on any atom is -0.352 e. The van der Waals surface area contributed by atoms with Crippen LogP contribution in [0.15, 0.2) is 24.3 Å². The van der Waals surface area contributed by atoms with Crippen LogP contribution >= 0.6 is 0 Å². The standard InChI is InChI=1S/C18H29N3O2/c1-4-9-21(10-5-2)18(23)16-8-6-7-15(11-16)17(22)20-13-14(3)12-19/h6-8,11,14H,4-5,9-10,12-13,19H2,1-3H3,(H,20,22). The van der Waals surface area contributed by atoms with Gasteiger partial charge in [0.1, 0.15) is 0 Å². The Morgan fingerprint density at radius 1 is 1.17 bits per heavy atom. The first-order chi connectivity index (χ1) is 11.0. The summed E-state index contributed by atoms with van der Waals surface area (Å²) in [5.74, 6) is 0.0459. The van der Waals surface area contributed by atoms with Crippen molar-refractivity contribution in [2.45, 2.75) is 33.6 Å². The number of amides is 2. The van der Waals surface area contributed by atoms with E-state index >= 15 is 0 Å². The molecule has 0 aliphatic carbocycles. The summed E-state index contributed by atoms with van der Waals surface area (Å²) in [5.41, 5.74) is 6.62. The maximum absolute atomic E-state index is 12.6. The van der Waals surface area contributed by atoms with Crippen molar-refractivity contribution in [2.75, 3.05) is 26.2 Å². The molecular formula is C18H29N3O2. The summed E-state index contributed by atoms with van der Waals surface area (Å²) in [6.45, 7) is 8.62. The van der Waals surface area contributed by atoms with Gasteiger partial charge in [-0.25, -0.2) is 0 Å². The third-order valence-corrected chi connectivity index (χ3v) is 3.66. The number of benzene rings is 1. The molecule has 3 N–H and O–H groups in total. The maximum atomic E-state index is 12.6. The second-order valence-electron chi connectivity index (χ2n) is 5.92. The molecule has 1 unspecified atom stereocenters. The monoisotopic (exact) mass is 319 g/mol. The first kappa shape index (κ1) is 19.2. The lowest BCUT2D eigenvalue weighted by Gasteiger charge is -2.21. The smallest absolute Gasteiger partial charge is 0.253 e. The molecule has 0 aliphatic rings. The van der Waals surface area contributed by atoms with Crippen molar-refractivity contribution in [1.29, 1.82) is 0 Å². The highest BCUT2D eigenvalue weighted by atomic mass is 16.2. The minimum atomic E-state index is -0.169. The van der Waals surface area contributed by atoms with Crippen LogP contribution in [0.4, 0.5) is 0 Å². The molecule has 1 aromatic carbocycles. The van der Waals surface area contributed by atoms with Gasteiger partial charge in [0.05, 0.1) is 0 Å². The number of rotatable bonds is 9. The third kappa shape index (κ3) is 6.02. The number of hydrogen-bond donors (Lipinski definition) is 2. The molecule has 1 rings (SSSR count). The van der Waals surface area contributed by atoms with Gasteiger partial charge in [-0.05, 0) is 43.5 Å². The zero-order valence-electron chi connectivity index (χ0n) is 14.5. The Hall–Kier alpha value is -1.88. The summed E-state index contributed by atoms with van der Waals surface area (Å²) in [6, 6.07) is 6.91. The van der Waals surface area contributed by atoms with Crippen molar-refractivity contribution < 1.29 is 9.59 Å². The fraction of sp³-hybridized carbons (Fsp3) is 0.556. The molecule has 1 aromatic rings. The molecule has 5 nitrogen and oxygen atoms in total. The van der Waals surface area contributed by atoms with Gasteiger partial charge in [-0.3, -0.25) is 9.59 Å². The van der Waals surface area contributed by atoms with Gasteiger partial charge < -0.3 is 16.0 Å². The molecule has 0 fully saturated rings. The molecule has 0 heterocycles. The Morgan fingerprint density at radius 3 is 2.35 bits per heavy atom. The van der Waals surface area contributed by atoms with Gasteiger partial charge in [-0.15, -0.1) is 0 Å². The van der Waals surface area contributed by atoms with E-state index in [0.29, 0.717) is 24.2 Å². The van der Waals surface area contributed by atoms with Crippen LogP contribution in [0.3, 0.4) is 0 Å². The molecule has 5 heteroatoms. The average molecular weight is 319 g/mol. The summed E-state index contributed by atoms with van der Waals surface area (Å²) >= 11 is 0. The van der Waals surface area contributed by atoms with Crippen LogP contribution in [-0.2, 0) is 0 Å². The van der Waals surface area contributed by atoms with Crippen LogP contribution in [0.25, 0.3) is 0 Å². The second-order valence-corrected chi connectivity index (χ2v) is 5.92. The molecule has 128 valence electrons. The van der Waals surface area contributed by atoms with E-state index in [4.69, 9.17) is 5.73 Å². The molecule has 1 atom stereocenters. The van der Waals surface area contributed by atoms with E-state index in [-0.39, 0.29) is 17.7 Å². The molecule has 0 saturated carbocycles. The number of nitrogens with one attached hydrogen (secondary N) is 1. The van der Waals surface area contributed by atoms with E-state index in [9.17, 15) is 9.59 Å². The molecule has 0 aromatic heterocycles. The third-order valence-electron chi connectivity index (χ3n) is 3.66. The summed E-state index contributed by atoms with van der Waals surface area (Å²) in [4.78, 5) is 26.6. The number of hydrogen-bond acceptors (Lipinski definition) is 3. The van der Waals surface area contributed by atoms with Crippen molar-refractivity contribution in [3.05, 3.63) is 35.4 Å². The van der Waals surface area contributed by atoms with Gasteiger partial charge in [0, 0.05) is 30.8 Å². The largest absolute Gasteiger partial charge is 0.352 e. The van der Waals surface area contributed by atoms with Crippen LogP contribution in [0.1, 0.15) is 54.3 Å². The van der Waals surface area contributed by atoms with Gasteiger partial charge in [-0.2, -0.15) is 0 Å². The maximum Gasteiger partial charge on any atom is 0.253 e. The lowest BCUT2D eigenvalue weighted by molar-refractivity contribution is 0.0755. The van der Waals surface area contributed by atoms with E-state index in [0.717, 1.165) is 25.9 Å². The number of carbonyl (C=O) groups is 2. The van der Waals surface area contributed by atoms with E-state index in [2.05, 4.69) is 19.2 Å². The topological polar surface area (TPSA) is 75.4 Å². The van der Waals surface area contributed by atoms with Crippen LogP contribution in [0.5, 0.6) is 0 Å². The lowest BCUT2D eigenvalue weighted by Crippen LogP contribution is -2.33. The van der Waals surface area contributed by atoms with Crippen molar-refractivity contribution in [1.82, 2.24) is 10.2 Å². The highest BCUT2D eigenvalue weighted by molar-refractivity contribution is 5.99. The highest BCUT2D eigenvalue weighted by Crippen LogP contribution is 2.10. The normalized spacial score (nSPS) is 11.8. The summed E-state index contributed by atoms with van der Waals surface area (Å²) < 4.78 is 0. The molecular weight excluding hydrogens is 290 g/mol. The molecule has 0 bridgehead atoms. The lowest BCUT2D eigenvalue weighted by atomic mass is 10.1. The predicted octanol–water partition coefficient (Wildman–Crippen LogP) is 2.27. The Kier molecular flexibility index (Phi) is 8.33. The number of nitrogens with two attached hydrogens (primary N) is 1. The fourth-order valence-corrected chi connectivity index (χ4v) is 2.28. The van der Waals surface area contributed by atoms with Gasteiger partial charge in [0.15, 0.2) is 0 Å². The van der Waals surface area contributed by atoms with Gasteiger partial charge >= 0.3 is 0 Å². The van der Waals surface area contributed by atoms with Gasteiger partial charge in [-0.1, -0.05) is 26.8 Å². The van der Waals surface area contributed by atoms with E-state index in [1.165, 1.54) is 0 Å². The summed E-state index contributed by atoms with van der Waals surface area (Å²) in [6.07, 6.45) is 1.84. The molecule has 0 spiro atoms. The molecule has 23 heavy (non-hydrogen) atoms. The number of nitrogens with zero attached hydrogens (tertiary/aromatic N) is 1. The van der Waals surface area contributed by atoms with Crippen LogP contribution in [0, 0.1) is 5.92 Å². The quantitative estimate of drug-likeness (QED) is 0.733. The SMILES string of the molecule is CCCN(CCC)C(=O)c1cccc(C(=O)NCC(C)CN)c1. The van der Waals surface area contributed by atoms with E-state index < -0.39 is 0 Å². The summed E-state index contributed by atoms with van der Waals surface area (Å²) in [7, 11) is 0. The van der Waals surface area contributed by atoms with Crippen molar-refractivity contribution >= 4 is 11.8 Å². The van der Waals surface area contributed by atoms with E-state index in [1.807, 2.05) is 11.8 Å². The summed E-state index contributed by atoms with van der Waals surface area (Å²) in [5, 5.41) is 2.85. The first-order valence-corrected chi connectivity index (χ1v) is 8.41. The molecule has 2 amide bonds. The Labute approximate surface area is 139 Å². The van der Waals surface area contributed by atoms with E-state index in [1.54, 1.807) is 24.3 Å². The van der Waals surface area contributed by atoms with Crippen LogP contribution < -0.4 is 11.1 Å². The molecule has 0 aliphatic heterocycles. The predicted molar refractivity (Wildman–Crippen MR) is 93.5 cm³/mol. The van der Waals surface area contributed by atoms with Crippen molar-refractivity contribution in [3.8, 4) is 0 Å². The Balaban J connectivity index is 2.82. The number of carbonyl (C=O) groups excluding carboxylic acids is 2. The second kappa shape index (κ2) is 10.0. The Morgan fingerprint density at radius 2 is 1.78 bits per heavy atom. The Bertz CT molecular complexity index is 511. The van der Waals surface area contributed by atoms with Crippen LogP contribution in [0.2, 0.25) is 0 Å². The fourth-order valence-electron chi connectivity index (χ4n) is 2.28. The molecule has 0 saturated heterocycles. The van der Waals surface area contributed by atoms with Gasteiger partial charge in [0.2, 0.25) is 0 Å². The highest BCUT2D eigenvalue weighted by Gasteiger charge is 2.16. The minimum absolute atomic E-state index is 0.0151. The van der Waals surface area contributed by atoms with Gasteiger partial charge in [0.25, 0.3) is 11.8 Å². The first-order valence-electron chi connectivity index (χ1n) is 8.41. The average Bonchev–Trinajstić information content (AvgIpc) is 2.58. The van der Waals surface area contributed by atoms with Crippen molar-refractivity contribution in [2.24, 2.45) is 11.7 Å². The zero-order valence-corrected chi connectivity index (χ0v) is 14.5. The van der Waals surface area contributed by atoms with Crippen LogP contribution in [-0.4, -0.2) is 42.9 Å². The zero-order chi connectivity index (χ0) is 17.2. The van der Waals surface area contributed by atoms with Crippen molar-refractivity contribution in [3.63, 3.8) is 0 Å².